The summed E-state index contributed by atoms with van der Waals surface area (Å²) in [5, 5.41) is 8.82. The van der Waals surface area contributed by atoms with Crippen LogP contribution >= 0.6 is 0 Å². The van der Waals surface area contributed by atoms with Crippen LogP contribution in [-0.2, 0) is 14.3 Å². The van der Waals surface area contributed by atoms with Gasteiger partial charge in [-0.15, -0.1) is 0 Å². The molecule has 100 valence electrons. The Bertz CT molecular complexity index is 215. The van der Waals surface area contributed by atoms with Gasteiger partial charge in [0.15, 0.2) is 0 Å². The van der Waals surface area contributed by atoms with Gasteiger partial charge in [-0.25, -0.2) is 4.79 Å². The van der Waals surface area contributed by atoms with Crippen LogP contribution < -0.4 is 0 Å². The number of carbonyl (C=O) groups excluding carboxylic acids is 1. The molecule has 1 heterocycles. The van der Waals surface area contributed by atoms with E-state index >= 15 is 0 Å². The summed E-state index contributed by atoms with van der Waals surface area (Å²) in [6.45, 7) is 5.88. The smallest absolute Gasteiger partial charge is 0.332 e. The third-order valence-electron chi connectivity index (χ3n) is 3.00. The number of aliphatic hydroxyl groups is 1. The van der Waals surface area contributed by atoms with Gasteiger partial charge in [0.05, 0.1) is 19.8 Å². The molecule has 5 heteroatoms. The summed E-state index contributed by atoms with van der Waals surface area (Å²) in [6.07, 6.45) is 2.14. The maximum Gasteiger partial charge on any atom is 0.332 e. The van der Waals surface area contributed by atoms with E-state index in [1.54, 1.807) is 6.92 Å². The van der Waals surface area contributed by atoms with Gasteiger partial charge in [0.1, 0.15) is 6.61 Å². The molecule has 1 fully saturated rings. The van der Waals surface area contributed by atoms with E-state index in [4.69, 9.17) is 14.6 Å². The first-order valence-corrected chi connectivity index (χ1v) is 6.32. The van der Waals surface area contributed by atoms with Gasteiger partial charge >= 0.3 is 5.97 Å². The zero-order valence-electron chi connectivity index (χ0n) is 10.6. The number of nitrogens with zero attached hydrogens (tertiary/aromatic N) is 1. The molecule has 0 aromatic heterocycles. The van der Waals surface area contributed by atoms with Crippen molar-refractivity contribution in [2.24, 2.45) is 5.92 Å². The molecule has 1 N–H and O–H groups in total. The molecule has 0 aliphatic carbocycles. The lowest BCUT2D eigenvalue weighted by Crippen LogP contribution is -2.37. The summed E-state index contributed by atoms with van der Waals surface area (Å²) in [5.41, 5.74) is 0. The first-order chi connectivity index (χ1) is 8.26. The highest BCUT2D eigenvalue weighted by Crippen LogP contribution is 2.16. The van der Waals surface area contributed by atoms with Crippen molar-refractivity contribution < 1.29 is 19.4 Å². The maximum atomic E-state index is 11.0. The van der Waals surface area contributed by atoms with Gasteiger partial charge < -0.3 is 19.5 Å². The summed E-state index contributed by atoms with van der Waals surface area (Å²) < 4.78 is 10.1. The number of β-amino-alcohol motifs (C(OH)–C–C–N with tert-alkyl or cyclic N) is 1. The highest BCUT2D eigenvalue weighted by Gasteiger charge is 2.19. The molecule has 17 heavy (non-hydrogen) atoms. The van der Waals surface area contributed by atoms with Crippen LogP contribution in [0.4, 0.5) is 0 Å². The Hall–Kier alpha value is -0.650. The van der Waals surface area contributed by atoms with Crippen LogP contribution in [-0.4, -0.2) is 62.0 Å². The standard InChI is InChI=1S/C12H23NO4/c1-2-17-12(15)10-16-9-11-3-5-13(6-4-11)7-8-14/h11,14H,2-10H2,1H3. The molecule has 1 aliphatic rings. The van der Waals surface area contributed by atoms with E-state index in [0.717, 1.165) is 32.5 Å². The van der Waals surface area contributed by atoms with Crippen LogP contribution in [0.2, 0.25) is 0 Å². The number of likely N-dealkylation sites (tertiary alicyclic amines) is 1. The van der Waals surface area contributed by atoms with Crippen LogP contribution in [0.1, 0.15) is 19.8 Å². The maximum absolute atomic E-state index is 11.0. The lowest BCUT2D eigenvalue weighted by atomic mass is 9.98. The van der Waals surface area contributed by atoms with Crippen molar-refractivity contribution in [3.05, 3.63) is 0 Å². The van der Waals surface area contributed by atoms with Crippen LogP contribution in [0.5, 0.6) is 0 Å². The summed E-state index contributed by atoms with van der Waals surface area (Å²) in [5.74, 6) is 0.240. The van der Waals surface area contributed by atoms with E-state index in [1.165, 1.54) is 0 Å². The summed E-state index contributed by atoms with van der Waals surface area (Å²) in [6, 6.07) is 0. The summed E-state index contributed by atoms with van der Waals surface area (Å²) in [4.78, 5) is 13.3. The second-order valence-corrected chi connectivity index (χ2v) is 4.33. The molecule has 1 aliphatic heterocycles. The zero-order valence-corrected chi connectivity index (χ0v) is 10.6. The SMILES string of the molecule is CCOC(=O)COCC1CCN(CCO)CC1. The Balaban J connectivity index is 2.04. The quantitative estimate of drug-likeness (QED) is 0.652. The van der Waals surface area contributed by atoms with E-state index < -0.39 is 0 Å². The van der Waals surface area contributed by atoms with Gasteiger partial charge in [-0.1, -0.05) is 0 Å². The zero-order chi connectivity index (χ0) is 12.5. The Morgan fingerprint density at radius 2 is 2.12 bits per heavy atom. The molecule has 0 radical (unpaired) electrons. The normalized spacial score (nSPS) is 18.2. The molecule has 0 aromatic rings. The number of ether oxygens (including phenoxy) is 2. The number of aliphatic hydroxyl groups excluding tert-OH is 1. The predicted octanol–water partition coefficient (Wildman–Crippen LogP) is 0.270. The lowest BCUT2D eigenvalue weighted by Gasteiger charge is -2.31. The average Bonchev–Trinajstić information content (AvgIpc) is 2.32. The summed E-state index contributed by atoms with van der Waals surface area (Å²) >= 11 is 0. The Kier molecular flexibility index (Phi) is 7.16. The highest BCUT2D eigenvalue weighted by atomic mass is 16.6. The molecule has 0 aromatic carbocycles. The fourth-order valence-corrected chi connectivity index (χ4v) is 2.03. The molecule has 0 unspecified atom stereocenters. The van der Waals surface area contributed by atoms with Crippen LogP contribution in [0.25, 0.3) is 0 Å². The monoisotopic (exact) mass is 245 g/mol. The molecule has 0 amide bonds. The van der Waals surface area contributed by atoms with Gasteiger partial charge in [0.2, 0.25) is 0 Å². The Labute approximate surface area is 103 Å². The largest absolute Gasteiger partial charge is 0.464 e. The topological polar surface area (TPSA) is 59.0 Å². The molecular weight excluding hydrogens is 222 g/mol. The summed E-state index contributed by atoms with van der Waals surface area (Å²) in [7, 11) is 0. The first-order valence-electron chi connectivity index (χ1n) is 6.32. The van der Waals surface area contributed by atoms with Crippen molar-refractivity contribution in [3.8, 4) is 0 Å². The number of piperidine rings is 1. The first kappa shape index (κ1) is 14.4. The van der Waals surface area contributed by atoms with Crippen molar-refractivity contribution in [3.63, 3.8) is 0 Å². The Morgan fingerprint density at radius 3 is 2.71 bits per heavy atom. The van der Waals surface area contributed by atoms with Gasteiger partial charge in [-0.2, -0.15) is 0 Å². The van der Waals surface area contributed by atoms with Crippen LogP contribution in [0, 0.1) is 5.92 Å². The van der Waals surface area contributed by atoms with Crippen molar-refractivity contribution >= 4 is 5.97 Å². The third kappa shape index (κ3) is 6.00. The van der Waals surface area contributed by atoms with Crippen LogP contribution in [0.15, 0.2) is 0 Å². The third-order valence-corrected chi connectivity index (χ3v) is 3.00. The van der Waals surface area contributed by atoms with Crippen molar-refractivity contribution in [1.82, 2.24) is 4.90 Å². The van der Waals surface area contributed by atoms with Crippen molar-refractivity contribution in [2.45, 2.75) is 19.8 Å². The number of hydrogen-bond acceptors (Lipinski definition) is 5. The number of esters is 1. The van der Waals surface area contributed by atoms with Crippen molar-refractivity contribution in [2.75, 3.05) is 46.1 Å². The lowest BCUT2D eigenvalue weighted by molar-refractivity contribution is -0.149. The average molecular weight is 245 g/mol. The van der Waals surface area contributed by atoms with E-state index in [2.05, 4.69) is 4.90 Å². The Morgan fingerprint density at radius 1 is 1.41 bits per heavy atom. The second-order valence-electron chi connectivity index (χ2n) is 4.33. The second kappa shape index (κ2) is 8.44. The van der Waals surface area contributed by atoms with E-state index in [-0.39, 0.29) is 19.2 Å². The molecule has 0 saturated carbocycles. The fraction of sp³-hybridized carbons (Fsp3) is 0.917. The van der Waals surface area contributed by atoms with Gasteiger partial charge in [0, 0.05) is 6.54 Å². The molecule has 5 nitrogen and oxygen atoms in total. The number of carbonyl (C=O) groups is 1. The highest BCUT2D eigenvalue weighted by molar-refractivity contribution is 5.70. The molecule has 0 atom stereocenters. The van der Waals surface area contributed by atoms with Crippen LogP contribution in [0.3, 0.4) is 0 Å². The number of rotatable bonds is 7. The van der Waals surface area contributed by atoms with Crippen molar-refractivity contribution in [1.29, 1.82) is 0 Å². The minimum Gasteiger partial charge on any atom is -0.464 e. The van der Waals surface area contributed by atoms with Gasteiger partial charge in [0.25, 0.3) is 0 Å². The number of hydrogen-bond donors (Lipinski definition) is 1. The molecular formula is C12H23NO4. The van der Waals surface area contributed by atoms with E-state index in [9.17, 15) is 4.79 Å². The minimum atomic E-state index is -0.287. The predicted molar refractivity (Wildman–Crippen MR) is 63.7 cm³/mol. The van der Waals surface area contributed by atoms with Gasteiger partial charge in [-0.05, 0) is 38.8 Å². The van der Waals surface area contributed by atoms with Gasteiger partial charge in [-0.3, -0.25) is 0 Å². The molecule has 1 saturated heterocycles. The minimum absolute atomic E-state index is 0.0602. The molecule has 0 bridgehead atoms. The molecule has 1 rings (SSSR count). The fourth-order valence-electron chi connectivity index (χ4n) is 2.03. The van der Waals surface area contributed by atoms with E-state index in [0.29, 0.717) is 19.1 Å². The van der Waals surface area contributed by atoms with E-state index in [1.807, 2.05) is 0 Å². The molecule has 0 spiro atoms.